The predicted molar refractivity (Wildman–Crippen MR) is 104 cm³/mol. The first-order valence-electron chi connectivity index (χ1n) is 9.35. The number of nitrogens with zero attached hydrogens (tertiary/aromatic N) is 2. The molecule has 2 N–H and O–H groups in total. The number of phenols is 1. The molecule has 1 fully saturated rings. The minimum absolute atomic E-state index is 0.0565. The minimum atomic E-state index is 0.0565. The lowest BCUT2D eigenvalue weighted by atomic mass is 10.1. The Morgan fingerprint density at radius 2 is 1.69 bits per heavy atom. The number of phenolic OH excluding ortho intramolecular Hbond substituents is 1. The summed E-state index contributed by atoms with van der Waals surface area (Å²) in [5, 5.41) is 12.4. The molecule has 2 aromatic rings. The molecule has 136 valence electrons. The molecule has 5 heteroatoms. The molecule has 0 unspecified atom stereocenters. The van der Waals surface area contributed by atoms with Gasteiger partial charge in [0.05, 0.1) is 6.54 Å². The molecule has 0 saturated carbocycles. The number of aryl methyl sites for hydroxylation is 2. The third kappa shape index (κ3) is 3.83. The summed E-state index contributed by atoms with van der Waals surface area (Å²) in [7, 11) is 0. The topological polar surface area (TPSA) is 55.8 Å². The first-order valence-corrected chi connectivity index (χ1v) is 9.35. The number of carbonyl (C=O) groups is 1. The molecule has 0 aromatic heterocycles. The molecular weight excluding hydrogens is 326 g/mol. The second-order valence-electron chi connectivity index (χ2n) is 7.16. The van der Waals surface area contributed by atoms with Crippen molar-refractivity contribution in [1.82, 2.24) is 4.90 Å². The fourth-order valence-electron chi connectivity index (χ4n) is 3.88. The van der Waals surface area contributed by atoms with E-state index in [2.05, 4.69) is 27.2 Å². The summed E-state index contributed by atoms with van der Waals surface area (Å²) in [6.07, 6.45) is 3.51. The number of anilines is 2. The quantitative estimate of drug-likeness (QED) is 0.889. The van der Waals surface area contributed by atoms with Gasteiger partial charge in [0.15, 0.2) is 0 Å². The van der Waals surface area contributed by atoms with Gasteiger partial charge in [-0.25, -0.2) is 0 Å². The van der Waals surface area contributed by atoms with Gasteiger partial charge in [-0.1, -0.05) is 6.07 Å². The van der Waals surface area contributed by atoms with E-state index in [0.717, 1.165) is 50.4 Å². The first-order chi connectivity index (χ1) is 12.7. The van der Waals surface area contributed by atoms with E-state index in [0.29, 0.717) is 6.54 Å². The molecule has 0 radical (unpaired) electrons. The third-order valence-electron chi connectivity index (χ3n) is 5.34. The van der Waals surface area contributed by atoms with Crippen molar-refractivity contribution < 1.29 is 9.90 Å². The number of piperazine rings is 1. The van der Waals surface area contributed by atoms with Crippen molar-refractivity contribution in [1.29, 1.82) is 0 Å². The third-order valence-corrected chi connectivity index (χ3v) is 5.34. The lowest BCUT2D eigenvalue weighted by Gasteiger charge is -2.35. The van der Waals surface area contributed by atoms with Crippen LogP contribution in [0.4, 0.5) is 11.4 Å². The maximum absolute atomic E-state index is 12.4. The van der Waals surface area contributed by atoms with Gasteiger partial charge < -0.3 is 15.3 Å². The van der Waals surface area contributed by atoms with E-state index >= 15 is 0 Å². The number of benzene rings is 2. The Morgan fingerprint density at radius 1 is 0.962 bits per heavy atom. The number of carbonyl (C=O) groups excluding carboxylic acids is 1. The van der Waals surface area contributed by atoms with Crippen LogP contribution in [0.15, 0.2) is 42.5 Å². The van der Waals surface area contributed by atoms with Crippen LogP contribution in [0.1, 0.15) is 17.5 Å². The van der Waals surface area contributed by atoms with Crippen LogP contribution in [-0.4, -0.2) is 48.6 Å². The summed E-state index contributed by atoms with van der Waals surface area (Å²) in [6, 6.07) is 13.6. The maximum atomic E-state index is 12.4. The highest BCUT2D eigenvalue weighted by atomic mass is 16.3. The van der Waals surface area contributed by atoms with E-state index in [4.69, 9.17) is 0 Å². The van der Waals surface area contributed by atoms with E-state index in [1.165, 1.54) is 17.5 Å². The van der Waals surface area contributed by atoms with Gasteiger partial charge in [-0.2, -0.15) is 0 Å². The summed E-state index contributed by atoms with van der Waals surface area (Å²) in [5.74, 6) is 0.344. The van der Waals surface area contributed by atoms with Crippen molar-refractivity contribution in [2.75, 3.05) is 42.9 Å². The molecule has 1 amide bonds. The van der Waals surface area contributed by atoms with Crippen LogP contribution in [0.5, 0.6) is 5.75 Å². The van der Waals surface area contributed by atoms with Gasteiger partial charge in [0.2, 0.25) is 5.91 Å². The zero-order valence-corrected chi connectivity index (χ0v) is 14.9. The van der Waals surface area contributed by atoms with E-state index < -0.39 is 0 Å². The van der Waals surface area contributed by atoms with Gasteiger partial charge >= 0.3 is 0 Å². The highest BCUT2D eigenvalue weighted by molar-refractivity contribution is 5.92. The predicted octanol–water partition coefficient (Wildman–Crippen LogP) is 2.64. The SMILES string of the molecule is O=C(CN1CCN(c2ccc(O)cc2)CC1)Nc1ccc2c(c1)CCC2. The van der Waals surface area contributed by atoms with Crippen LogP contribution in [0.25, 0.3) is 0 Å². The fraction of sp³-hybridized carbons (Fsp3) is 0.381. The lowest BCUT2D eigenvalue weighted by molar-refractivity contribution is -0.117. The van der Waals surface area contributed by atoms with Crippen molar-refractivity contribution >= 4 is 17.3 Å². The fourth-order valence-corrected chi connectivity index (χ4v) is 3.88. The van der Waals surface area contributed by atoms with Crippen LogP contribution < -0.4 is 10.2 Å². The van der Waals surface area contributed by atoms with Gasteiger partial charge in [0.25, 0.3) is 0 Å². The molecule has 4 rings (SSSR count). The number of fused-ring (bicyclic) bond motifs is 1. The summed E-state index contributed by atoms with van der Waals surface area (Å²) in [6.45, 7) is 3.92. The smallest absolute Gasteiger partial charge is 0.238 e. The molecule has 2 aromatic carbocycles. The van der Waals surface area contributed by atoms with Crippen LogP contribution in [0.2, 0.25) is 0 Å². The second-order valence-corrected chi connectivity index (χ2v) is 7.16. The maximum Gasteiger partial charge on any atom is 0.238 e. The number of aromatic hydroxyl groups is 1. The van der Waals surface area contributed by atoms with Crippen molar-refractivity contribution in [3.63, 3.8) is 0 Å². The molecule has 0 bridgehead atoms. The van der Waals surface area contributed by atoms with Crippen molar-refractivity contribution in [2.24, 2.45) is 0 Å². The number of nitrogens with one attached hydrogen (secondary N) is 1. The largest absolute Gasteiger partial charge is 0.508 e. The molecule has 1 saturated heterocycles. The number of amides is 1. The Morgan fingerprint density at radius 3 is 2.46 bits per heavy atom. The number of rotatable bonds is 4. The Labute approximate surface area is 154 Å². The Balaban J connectivity index is 1.27. The van der Waals surface area contributed by atoms with Gasteiger partial charge in [-0.05, 0) is 66.8 Å². The highest BCUT2D eigenvalue weighted by Crippen LogP contribution is 2.25. The Kier molecular flexibility index (Phi) is 4.80. The summed E-state index contributed by atoms with van der Waals surface area (Å²) in [4.78, 5) is 16.9. The highest BCUT2D eigenvalue weighted by Gasteiger charge is 2.19. The van der Waals surface area contributed by atoms with E-state index in [1.807, 2.05) is 18.2 Å². The standard InChI is InChI=1S/C21H25N3O2/c25-20-8-6-19(7-9-20)24-12-10-23(11-13-24)15-21(26)22-18-5-4-16-2-1-3-17(16)14-18/h4-9,14,25H,1-3,10-13,15H2,(H,22,26). The van der Waals surface area contributed by atoms with Crippen LogP contribution in [0.3, 0.4) is 0 Å². The summed E-state index contributed by atoms with van der Waals surface area (Å²) < 4.78 is 0. The van der Waals surface area contributed by atoms with Crippen molar-refractivity contribution in [3.05, 3.63) is 53.6 Å². The Hall–Kier alpha value is -2.53. The average molecular weight is 351 g/mol. The first kappa shape index (κ1) is 16.9. The van der Waals surface area contributed by atoms with Crippen LogP contribution in [0, 0.1) is 0 Å². The molecule has 0 spiro atoms. The van der Waals surface area contributed by atoms with Gasteiger partial charge in [0.1, 0.15) is 5.75 Å². The number of hydrogen-bond donors (Lipinski definition) is 2. The summed E-state index contributed by atoms with van der Waals surface area (Å²) >= 11 is 0. The molecule has 1 aliphatic carbocycles. The molecule has 5 nitrogen and oxygen atoms in total. The molecule has 0 atom stereocenters. The van der Waals surface area contributed by atoms with Gasteiger partial charge in [-0.3, -0.25) is 9.69 Å². The zero-order valence-electron chi connectivity index (χ0n) is 14.9. The van der Waals surface area contributed by atoms with Crippen molar-refractivity contribution in [2.45, 2.75) is 19.3 Å². The average Bonchev–Trinajstić information content (AvgIpc) is 3.11. The van der Waals surface area contributed by atoms with Gasteiger partial charge in [0, 0.05) is 37.6 Å². The van der Waals surface area contributed by atoms with Gasteiger partial charge in [-0.15, -0.1) is 0 Å². The van der Waals surface area contributed by atoms with E-state index in [9.17, 15) is 9.90 Å². The normalized spacial score (nSPS) is 17.2. The van der Waals surface area contributed by atoms with Crippen LogP contribution >= 0.6 is 0 Å². The zero-order chi connectivity index (χ0) is 17.9. The molecular formula is C21H25N3O2. The van der Waals surface area contributed by atoms with Crippen molar-refractivity contribution in [3.8, 4) is 5.75 Å². The molecule has 2 aliphatic rings. The molecule has 1 heterocycles. The second kappa shape index (κ2) is 7.38. The molecule has 1 aliphatic heterocycles. The summed E-state index contributed by atoms with van der Waals surface area (Å²) in [5.41, 5.74) is 4.84. The molecule has 26 heavy (non-hydrogen) atoms. The van der Waals surface area contributed by atoms with E-state index in [-0.39, 0.29) is 11.7 Å². The van der Waals surface area contributed by atoms with Crippen LogP contribution in [-0.2, 0) is 17.6 Å². The Bertz CT molecular complexity index is 780. The minimum Gasteiger partial charge on any atom is -0.508 e. The monoisotopic (exact) mass is 351 g/mol. The van der Waals surface area contributed by atoms with E-state index in [1.54, 1.807) is 12.1 Å². The number of hydrogen-bond acceptors (Lipinski definition) is 4. The lowest BCUT2D eigenvalue weighted by Crippen LogP contribution is -2.48.